The van der Waals surface area contributed by atoms with Gasteiger partial charge in [-0.1, -0.05) is 6.07 Å². The number of hydrogen-bond acceptors (Lipinski definition) is 4. The Bertz CT molecular complexity index is 468. The van der Waals surface area contributed by atoms with Crippen LogP contribution in [-0.2, 0) is 0 Å². The van der Waals surface area contributed by atoms with Gasteiger partial charge in [-0.25, -0.2) is 0 Å². The molecule has 1 aliphatic carbocycles. The Labute approximate surface area is 113 Å². The summed E-state index contributed by atoms with van der Waals surface area (Å²) in [6, 6.07) is 5.61. The van der Waals surface area contributed by atoms with Crippen LogP contribution in [0.1, 0.15) is 38.4 Å². The second-order valence-electron chi connectivity index (χ2n) is 6.01. The molecule has 104 valence electrons. The third-order valence-corrected chi connectivity index (χ3v) is 4.13. The quantitative estimate of drug-likeness (QED) is 0.855. The molecule has 0 bridgehead atoms. The lowest BCUT2D eigenvalue weighted by Gasteiger charge is -2.28. The molecule has 1 atom stereocenters. The molecule has 1 saturated carbocycles. The normalized spacial score (nSPS) is 19.5. The van der Waals surface area contributed by atoms with Crippen LogP contribution < -0.4 is 14.8 Å². The predicted octanol–water partition coefficient (Wildman–Crippen LogP) is 2.23. The molecule has 0 saturated heterocycles. The van der Waals surface area contributed by atoms with Gasteiger partial charge >= 0.3 is 0 Å². The molecule has 1 heterocycles. The van der Waals surface area contributed by atoms with Gasteiger partial charge in [-0.15, -0.1) is 0 Å². The molecule has 0 amide bonds. The summed E-state index contributed by atoms with van der Waals surface area (Å²) in [5, 5.41) is 13.7. The highest BCUT2D eigenvalue weighted by atomic mass is 16.7. The van der Waals surface area contributed by atoms with Crippen molar-refractivity contribution < 1.29 is 14.6 Å². The van der Waals surface area contributed by atoms with Crippen molar-refractivity contribution in [3.63, 3.8) is 0 Å². The smallest absolute Gasteiger partial charge is 0.231 e. The molecular formula is C15H21NO3. The van der Waals surface area contributed by atoms with Gasteiger partial charge in [0.05, 0.1) is 6.10 Å². The Morgan fingerprint density at radius 1 is 1.32 bits per heavy atom. The fourth-order valence-corrected chi connectivity index (χ4v) is 2.55. The van der Waals surface area contributed by atoms with Crippen molar-refractivity contribution in [2.45, 2.75) is 38.3 Å². The minimum atomic E-state index is -0.521. The van der Waals surface area contributed by atoms with Gasteiger partial charge in [-0.05, 0) is 50.3 Å². The molecule has 1 aromatic carbocycles. The molecule has 1 aromatic rings. The van der Waals surface area contributed by atoms with Gasteiger partial charge in [0.15, 0.2) is 11.5 Å². The van der Waals surface area contributed by atoms with Crippen LogP contribution in [0.15, 0.2) is 18.2 Å². The summed E-state index contributed by atoms with van der Waals surface area (Å²) >= 11 is 0. The lowest BCUT2D eigenvalue weighted by molar-refractivity contribution is 0.156. The molecule has 2 aliphatic rings. The average Bonchev–Trinajstić information content (AvgIpc) is 3.15. The Hall–Kier alpha value is -1.26. The summed E-state index contributed by atoms with van der Waals surface area (Å²) in [6.07, 6.45) is 2.06. The zero-order chi connectivity index (χ0) is 13.5. The number of rotatable bonds is 5. The van der Waals surface area contributed by atoms with Crippen molar-refractivity contribution in [2.75, 3.05) is 13.3 Å². The minimum absolute atomic E-state index is 0.108. The van der Waals surface area contributed by atoms with E-state index >= 15 is 0 Å². The van der Waals surface area contributed by atoms with Gasteiger partial charge in [-0.3, -0.25) is 0 Å². The average molecular weight is 263 g/mol. The molecule has 0 radical (unpaired) electrons. The van der Waals surface area contributed by atoms with E-state index in [4.69, 9.17) is 9.47 Å². The van der Waals surface area contributed by atoms with Crippen molar-refractivity contribution in [1.82, 2.24) is 5.32 Å². The summed E-state index contributed by atoms with van der Waals surface area (Å²) in [5.74, 6) is 2.22. The van der Waals surface area contributed by atoms with Crippen LogP contribution in [0.3, 0.4) is 0 Å². The lowest BCUT2D eigenvalue weighted by atomic mass is 9.98. The number of aliphatic hydroxyl groups is 1. The summed E-state index contributed by atoms with van der Waals surface area (Å²) in [4.78, 5) is 0. The van der Waals surface area contributed by atoms with Gasteiger partial charge in [0.2, 0.25) is 6.79 Å². The molecule has 3 rings (SSSR count). The maximum Gasteiger partial charge on any atom is 0.231 e. The third kappa shape index (κ3) is 2.69. The number of nitrogens with one attached hydrogen (secondary N) is 1. The van der Waals surface area contributed by atoms with Crippen LogP contribution in [0.25, 0.3) is 0 Å². The predicted molar refractivity (Wildman–Crippen MR) is 72.3 cm³/mol. The van der Waals surface area contributed by atoms with Crippen LogP contribution >= 0.6 is 0 Å². The molecule has 0 aromatic heterocycles. The second kappa shape index (κ2) is 4.69. The first kappa shape index (κ1) is 12.8. The van der Waals surface area contributed by atoms with Crippen molar-refractivity contribution in [1.29, 1.82) is 0 Å². The first-order valence-electron chi connectivity index (χ1n) is 6.89. The summed E-state index contributed by atoms with van der Waals surface area (Å²) in [5.41, 5.74) is 0.973. The van der Waals surface area contributed by atoms with Gasteiger partial charge < -0.3 is 19.9 Å². The molecular weight excluding hydrogens is 242 g/mol. The highest BCUT2D eigenvalue weighted by molar-refractivity contribution is 5.45. The summed E-state index contributed by atoms with van der Waals surface area (Å²) in [6.45, 7) is 5.24. The lowest BCUT2D eigenvalue weighted by Crippen LogP contribution is -2.43. The number of ether oxygens (including phenoxy) is 2. The van der Waals surface area contributed by atoms with Crippen LogP contribution in [0.2, 0.25) is 0 Å². The number of benzene rings is 1. The standard InChI is InChI=1S/C15H21NO3/c1-15(2,11-4-5-11)16-8-12(17)10-3-6-13-14(7-10)19-9-18-13/h3,6-7,11-12,16-17H,4-5,8-9H2,1-2H3. The van der Waals surface area contributed by atoms with Gasteiger partial charge in [-0.2, -0.15) is 0 Å². The third-order valence-electron chi connectivity index (χ3n) is 4.13. The number of β-amino-alcohol motifs (C(OH)–C–C–N with tert-alkyl or cyclic N) is 1. The van der Waals surface area contributed by atoms with Gasteiger partial charge in [0.1, 0.15) is 0 Å². The second-order valence-corrected chi connectivity index (χ2v) is 6.01. The molecule has 4 nitrogen and oxygen atoms in total. The van der Waals surface area contributed by atoms with E-state index in [9.17, 15) is 5.11 Å². The van der Waals surface area contributed by atoms with E-state index in [1.165, 1.54) is 12.8 Å². The van der Waals surface area contributed by atoms with Crippen molar-refractivity contribution in [3.05, 3.63) is 23.8 Å². The zero-order valence-corrected chi connectivity index (χ0v) is 11.5. The fourth-order valence-electron chi connectivity index (χ4n) is 2.55. The topological polar surface area (TPSA) is 50.7 Å². The van der Waals surface area contributed by atoms with E-state index in [0.29, 0.717) is 6.54 Å². The molecule has 4 heteroatoms. The van der Waals surface area contributed by atoms with E-state index in [0.717, 1.165) is 23.0 Å². The van der Waals surface area contributed by atoms with E-state index < -0.39 is 6.10 Å². The van der Waals surface area contributed by atoms with E-state index in [-0.39, 0.29) is 12.3 Å². The van der Waals surface area contributed by atoms with Gasteiger partial charge in [0.25, 0.3) is 0 Å². The van der Waals surface area contributed by atoms with E-state index in [1.807, 2.05) is 18.2 Å². The largest absolute Gasteiger partial charge is 0.454 e. The first-order chi connectivity index (χ1) is 9.06. The van der Waals surface area contributed by atoms with Crippen LogP contribution in [-0.4, -0.2) is 24.0 Å². The molecule has 0 spiro atoms. The van der Waals surface area contributed by atoms with E-state index in [1.54, 1.807) is 0 Å². The van der Waals surface area contributed by atoms with Gasteiger partial charge in [0, 0.05) is 12.1 Å². The number of fused-ring (bicyclic) bond motifs is 1. The highest BCUT2D eigenvalue weighted by Crippen LogP contribution is 2.39. The molecule has 1 aliphatic heterocycles. The Morgan fingerprint density at radius 2 is 2.05 bits per heavy atom. The minimum Gasteiger partial charge on any atom is -0.454 e. The first-order valence-corrected chi connectivity index (χ1v) is 6.89. The van der Waals surface area contributed by atoms with Crippen molar-refractivity contribution in [3.8, 4) is 11.5 Å². The fraction of sp³-hybridized carbons (Fsp3) is 0.600. The maximum absolute atomic E-state index is 10.3. The van der Waals surface area contributed by atoms with Crippen molar-refractivity contribution >= 4 is 0 Å². The van der Waals surface area contributed by atoms with Crippen LogP contribution in [0, 0.1) is 5.92 Å². The SMILES string of the molecule is CC(C)(NCC(O)c1ccc2c(c1)OCO2)C1CC1. The summed E-state index contributed by atoms with van der Waals surface area (Å²) < 4.78 is 10.6. The molecule has 19 heavy (non-hydrogen) atoms. The molecule has 1 unspecified atom stereocenters. The molecule has 1 fully saturated rings. The Balaban J connectivity index is 1.62. The summed E-state index contributed by atoms with van der Waals surface area (Å²) in [7, 11) is 0. The Morgan fingerprint density at radius 3 is 2.79 bits per heavy atom. The monoisotopic (exact) mass is 263 g/mol. The number of hydrogen-bond donors (Lipinski definition) is 2. The van der Waals surface area contributed by atoms with Crippen molar-refractivity contribution in [2.24, 2.45) is 5.92 Å². The molecule has 2 N–H and O–H groups in total. The van der Waals surface area contributed by atoms with E-state index in [2.05, 4.69) is 19.2 Å². The highest BCUT2D eigenvalue weighted by Gasteiger charge is 2.37. The number of aliphatic hydroxyl groups excluding tert-OH is 1. The van der Waals surface area contributed by atoms with Crippen LogP contribution in [0.4, 0.5) is 0 Å². The zero-order valence-electron chi connectivity index (χ0n) is 11.5. The Kier molecular flexibility index (Phi) is 3.15. The maximum atomic E-state index is 10.3. The van der Waals surface area contributed by atoms with Crippen LogP contribution in [0.5, 0.6) is 11.5 Å².